The van der Waals surface area contributed by atoms with Crippen molar-refractivity contribution in [2.75, 3.05) is 24.0 Å². The topological polar surface area (TPSA) is 38.8 Å². The van der Waals surface area contributed by atoms with E-state index in [0.29, 0.717) is 5.75 Å². The smallest absolute Gasteiger partial charge is 0.399 e. The molecule has 0 saturated carbocycles. The number of hydrogen-bond acceptors (Lipinski definition) is 4. The third-order valence-corrected chi connectivity index (χ3v) is 7.39. The van der Waals surface area contributed by atoms with Gasteiger partial charge in [0.05, 0.1) is 11.2 Å². The number of rotatable bonds is 4. The molecule has 29 heavy (non-hydrogen) atoms. The second kappa shape index (κ2) is 6.90. The van der Waals surface area contributed by atoms with Gasteiger partial charge in [-0.25, -0.2) is 0 Å². The van der Waals surface area contributed by atoms with Crippen molar-refractivity contribution in [1.82, 2.24) is 0 Å². The van der Waals surface area contributed by atoms with Crippen molar-refractivity contribution in [3.05, 3.63) is 59.7 Å². The molecular weight excluding hydrogens is 381 g/mol. The molecule has 0 N–H and O–H groups in total. The molecular formula is C23H28BNO3S. The number of nitrogens with zero attached hydrogens (tertiary/aromatic N) is 1. The number of thioether (sulfide) groups is 1. The molecule has 2 aromatic carbocycles. The molecule has 2 aliphatic heterocycles. The van der Waals surface area contributed by atoms with Crippen molar-refractivity contribution < 1.29 is 14.1 Å². The molecule has 0 aromatic heterocycles. The fraction of sp³-hybridized carbons (Fsp3) is 0.435. The summed E-state index contributed by atoms with van der Waals surface area (Å²) in [5.41, 5.74) is 2.44. The Balaban J connectivity index is 1.86. The van der Waals surface area contributed by atoms with E-state index in [1.807, 2.05) is 43.6 Å². The highest BCUT2D eigenvalue weighted by Gasteiger charge is 2.54. The lowest BCUT2D eigenvalue weighted by Gasteiger charge is -2.32. The summed E-state index contributed by atoms with van der Waals surface area (Å²) in [6, 6.07) is 16.3. The van der Waals surface area contributed by atoms with Crippen LogP contribution in [0.2, 0.25) is 0 Å². The van der Waals surface area contributed by atoms with E-state index < -0.39 is 23.7 Å². The minimum Gasteiger partial charge on any atom is -0.399 e. The molecule has 0 bridgehead atoms. The molecule has 2 aromatic rings. The Bertz CT molecular complexity index is 930. The highest BCUT2D eigenvalue weighted by atomic mass is 32.2. The van der Waals surface area contributed by atoms with Gasteiger partial charge in [-0.1, -0.05) is 42.5 Å². The molecule has 4 nitrogen and oxygen atoms in total. The maximum atomic E-state index is 13.6. The second-order valence-electron chi connectivity index (χ2n) is 8.93. The standard InChI is InChI=1S/C23H28BNO3S/c1-21(2)22(3,4)28-24(27-21)17-12-13-19-18(14-17)23(15-29-6,20(26)25(19)5)16-10-8-7-9-11-16/h7-14H,15H2,1-6H3/t23-/m0/s1. The van der Waals surface area contributed by atoms with Crippen molar-refractivity contribution in [2.45, 2.75) is 44.3 Å². The van der Waals surface area contributed by atoms with E-state index in [-0.39, 0.29) is 5.91 Å². The van der Waals surface area contributed by atoms with Crippen LogP contribution in [0.25, 0.3) is 0 Å². The molecule has 1 fully saturated rings. The summed E-state index contributed by atoms with van der Waals surface area (Å²) >= 11 is 1.69. The molecule has 0 unspecified atom stereocenters. The highest BCUT2D eigenvalue weighted by molar-refractivity contribution is 7.98. The van der Waals surface area contributed by atoms with Gasteiger partial charge in [-0.2, -0.15) is 11.8 Å². The molecule has 0 spiro atoms. The van der Waals surface area contributed by atoms with Gasteiger partial charge in [0.1, 0.15) is 5.41 Å². The summed E-state index contributed by atoms with van der Waals surface area (Å²) < 4.78 is 12.5. The lowest BCUT2D eigenvalue weighted by molar-refractivity contribution is -0.120. The van der Waals surface area contributed by atoms with Crippen LogP contribution in [0.1, 0.15) is 38.8 Å². The average Bonchev–Trinajstić information content (AvgIpc) is 3.04. The Labute approximate surface area is 178 Å². The quantitative estimate of drug-likeness (QED) is 0.724. The lowest BCUT2D eigenvalue weighted by atomic mass is 9.72. The predicted octanol–water partition coefficient (Wildman–Crippen LogP) is 3.61. The van der Waals surface area contributed by atoms with Crippen molar-refractivity contribution in [1.29, 1.82) is 0 Å². The number of amides is 1. The zero-order valence-electron chi connectivity index (χ0n) is 18.0. The molecule has 4 rings (SSSR count). The first kappa shape index (κ1) is 20.5. The van der Waals surface area contributed by atoms with Gasteiger partial charge in [0.2, 0.25) is 5.91 Å². The van der Waals surface area contributed by atoms with Crippen LogP contribution in [0.4, 0.5) is 5.69 Å². The molecule has 2 aliphatic rings. The minimum atomic E-state index is -0.704. The molecule has 2 heterocycles. The van der Waals surface area contributed by atoms with E-state index in [0.717, 1.165) is 22.3 Å². The number of benzene rings is 2. The van der Waals surface area contributed by atoms with Gasteiger partial charge in [0.15, 0.2) is 0 Å². The van der Waals surface area contributed by atoms with Crippen LogP contribution < -0.4 is 10.4 Å². The monoisotopic (exact) mass is 409 g/mol. The van der Waals surface area contributed by atoms with Crippen LogP contribution in [0, 0.1) is 0 Å². The maximum absolute atomic E-state index is 13.6. The Morgan fingerprint density at radius 3 is 2.21 bits per heavy atom. The first-order valence-electron chi connectivity index (χ1n) is 9.97. The summed E-state index contributed by atoms with van der Waals surface area (Å²) in [5.74, 6) is 0.791. The van der Waals surface area contributed by atoms with E-state index >= 15 is 0 Å². The number of hydrogen-bond donors (Lipinski definition) is 0. The number of likely N-dealkylation sites (N-methyl/N-ethyl adjacent to an activating group) is 1. The molecule has 6 heteroatoms. The van der Waals surface area contributed by atoms with Gasteiger partial charge < -0.3 is 14.2 Å². The fourth-order valence-corrected chi connectivity index (χ4v) is 5.14. The Morgan fingerprint density at radius 2 is 1.62 bits per heavy atom. The van der Waals surface area contributed by atoms with Crippen LogP contribution in [0.3, 0.4) is 0 Å². The van der Waals surface area contributed by atoms with Gasteiger partial charge in [-0.15, -0.1) is 0 Å². The van der Waals surface area contributed by atoms with E-state index in [1.165, 1.54) is 0 Å². The zero-order valence-corrected chi connectivity index (χ0v) is 18.8. The molecule has 1 amide bonds. The van der Waals surface area contributed by atoms with E-state index in [4.69, 9.17) is 9.31 Å². The summed E-state index contributed by atoms with van der Waals surface area (Å²) in [4.78, 5) is 15.3. The summed E-state index contributed by atoms with van der Waals surface area (Å²) in [6.45, 7) is 8.22. The summed E-state index contributed by atoms with van der Waals surface area (Å²) in [6.07, 6.45) is 2.05. The third kappa shape index (κ3) is 2.96. The number of carbonyl (C=O) groups excluding carboxylic acids is 1. The predicted molar refractivity (Wildman–Crippen MR) is 121 cm³/mol. The van der Waals surface area contributed by atoms with Crippen molar-refractivity contribution >= 4 is 35.9 Å². The molecule has 0 aliphatic carbocycles. The van der Waals surface area contributed by atoms with Gasteiger partial charge in [0.25, 0.3) is 0 Å². The van der Waals surface area contributed by atoms with Crippen molar-refractivity contribution in [3.8, 4) is 0 Å². The summed E-state index contributed by atoms with van der Waals surface area (Å²) in [5, 5.41) is 0. The number of fused-ring (bicyclic) bond motifs is 1. The Hall–Kier alpha value is -1.76. The molecule has 0 radical (unpaired) electrons. The molecule has 1 atom stereocenters. The first-order chi connectivity index (χ1) is 13.6. The Morgan fingerprint density at radius 1 is 1.00 bits per heavy atom. The maximum Gasteiger partial charge on any atom is 0.494 e. The normalized spacial score (nSPS) is 24.8. The van der Waals surface area contributed by atoms with Crippen LogP contribution in [0.5, 0.6) is 0 Å². The highest BCUT2D eigenvalue weighted by Crippen LogP contribution is 2.47. The van der Waals surface area contributed by atoms with Gasteiger partial charge in [-0.05, 0) is 56.6 Å². The van der Waals surface area contributed by atoms with E-state index in [9.17, 15) is 4.79 Å². The molecule has 1 saturated heterocycles. The Kier molecular flexibility index (Phi) is 4.88. The number of anilines is 1. The van der Waals surface area contributed by atoms with Gasteiger partial charge in [0, 0.05) is 18.5 Å². The van der Waals surface area contributed by atoms with Gasteiger partial charge >= 0.3 is 7.12 Å². The van der Waals surface area contributed by atoms with Crippen molar-refractivity contribution in [3.63, 3.8) is 0 Å². The molecule has 152 valence electrons. The van der Waals surface area contributed by atoms with Crippen LogP contribution in [-0.2, 0) is 19.5 Å². The van der Waals surface area contributed by atoms with E-state index in [1.54, 1.807) is 16.7 Å². The third-order valence-electron chi connectivity index (χ3n) is 6.66. The van der Waals surface area contributed by atoms with Crippen LogP contribution in [-0.4, -0.2) is 43.3 Å². The average molecular weight is 409 g/mol. The minimum absolute atomic E-state index is 0.110. The van der Waals surface area contributed by atoms with Crippen LogP contribution in [0.15, 0.2) is 48.5 Å². The largest absolute Gasteiger partial charge is 0.494 e. The first-order valence-corrected chi connectivity index (χ1v) is 11.4. The van der Waals surface area contributed by atoms with E-state index in [2.05, 4.69) is 45.9 Å². The van der Waals surface area contributed by atoms with Crippen LogP contribution >= 0.6 is 11.8 Å². The zero-order chi connectivity index (χ0) is 21.0. The van der Waals surface area contributed by atoms with Crippen molar-refractivity contribution in [2.24, 2.45) is 0 Å². The SMILES string of the molecule is CSC[C@@]1(c2ccccc2)C(=O)N(C)c2ccc(B3OC(C)(C)C(C)(C)O3)cc21. The summed E-state index contributed by atoms with van der Waals surface area (Å²) in [7, 11) is 1.41. The van der Waals surface area contributed by atoms with Gasteiger partial charge in [-0.3, -0.25) is 4.79 Å². The lowest BCUT2D eigenvalue weighted by Crippen LogP contribution is -2.42. The second-order valence-corrected chi connectivity index (χ2v) is 9.80. The fourth-order valence-electron chi connectivity index (χ4n) is 4.27. The number of carbonyl (C=O) groups is 1.